The van der Waals surface area contributed by atoms with E-state index in [1.807, 2.05) is 0 Å². The van der Waals surface area contributed by atoms with Crippen LogP contribution < -0.4 is 0 Å². The van der Waals surface area contributed by atoms with Crippen molar-refractivity contribution in [1.82, 2.24) is 14.5 Å². The van der Waals surface area contributed by atoms with Gasteiger partial charge in [0, 0.05) is 25.2 Å². The van der Waals surface area contributed by atoms with Gasteiger partial charge >= 0.3 is 12.3 Å². The molecule has 146 valence electrons. The van der Waals surface area contributed by atoms with Crippen LogP contribution in [-0.4, -0.2) is 32.7 Å². The van der Waals surface area contributed by atoms with Crippen LogP contribution in [0.2, 0.25) is 0 Å². The number of rotatable bonds is 2. The maximum absolute atomic E-state index is 13.3. The first-order valence-electron chi connectivity index (χ1n) is 9.13. The van der Waals surface area contributed by atoms with E-state index in [4.69, 9.17) is 6.11 Å². The SMILES string of the molecule is [2H]c1nc2c(n1Cc1ccccc1C(F)(F)F)CCN(C(=O)OC(C)(C)C)C2. The fourth-order valence-electron chi connectivity index (χ4n) is 3.03. The van der Waals surface area contributed by atoms with Gasteiger partial charge in [0.25, 0.3) is 0 Å². The maximum Gasteiger partial charge on any atom is 0.416 e. The molecule has 1 aromatic heterocycles. The van der Waals surface area contributed by atoms with Gasteiger partial charge in [-0.1, -0.05) is 18.2 Å². The Morgan fingerprint density at radius 3 is 2.67 bits per heavy atom. The zero-order valence-corrected chi connectivity index (χ0v) is 15.4. The van der Waals surface area contributed by atoms with Crippen LogP contribution in [-0.2, 0) is 30.4 Å². The van der Waals surface area contributed by atoms with E-state index in [1.165, 1.54) is 21.6 Å². The minimum absolute atomic E-state index is 0.0817. The average molecular weight is 382 g/mol. The Kier molecular flexibility index (Phi) is 4.57. The first kappa shape index (κ1) is 17.9. The highest BCUT2D eigenvalue weighted by molar-refractivity contribution is 5.68. The molecular weight excluding hydrogens is 359 g/mol. The Hall–Kier alpha value is -2.51. The zero-order chi connectivity index (χ0) is 20.7. The van der Waals surface area contributed by atoms with E-state index in [-0.39, 0.29) is 25.0 Å². The molecule has 1 aliphatic rings. The average Bonchev–Trinajstić information content (AvgIpc) is 2.88. The predicted octanol–water partition coefficient (Wildman–Crippen LogP) is 4.24. The molecule has 0 bridgehead atoms. The lowest BCUT2D eigenvalue weighted by Crippen LogP contribution is -2.40. The highest BCUT2D eigenvalue weighted by atomic mass is 19.4. The molecule has 5 nitrogen and oxygen atoms in total. The number of aromatic nitrogens is 2. The van der Waals surface area contributed by atoms with Gasteiger partial charge in [0.2, 0.25) is 0 Å². The second-order valence-corrected chi connectivity index (χ2v) is 7.50. The minimum Gasteiger partial charge on any atom is -0.444 e. The Labute approximate surface area is 157 Å². The second kappa shape index (κ2) is 6.90. The molecular formula is C19H22F3N3O2. The van der Waals surface area contributed by atoms with Gasteiger partial charge < -0.3 is 14.2 Å². The lowest BCUT2D eigenvalue weighted by Gasteiger charge is -2.30. The van der Waals surface area contributed by atoms with Crippen LogP contribution in [0.3, 0.4) is 0 Å². The van der Waals surface area contributed by atoms with Crippen LogP contribution >= 0.6 is 0 Å². The predicted molar refractivity (Wildman–Crippen MR) is 93.1 cm³/mol. The van der Waals surface area contributed by atoms with E-state index in [9.17, 15) is 18.0 Å². The molecule has 1 amide bonds. The first-order valence-corrected chi connectivity index (χ1v) is 8.63. The number of carbonyl (C=O) groups excluding carboxylic acids is 1. The van der Waals surface area contributed by atoms with Gasteiger partial charge in [0.05, 0.1) is 24.1 Å². The summed E-state index contributed by atoms with van der Waals surface area (Å²) in [6, 6.07) is 5.33. The van der Waals surface area contributed by atoms with Crippen molar-refractivity contribution in [3.8, 4) is 0 Å². The number of fused-ring (bicyclic) bond motifs is 1. The molecule has 0 atom stereocenters. The molecule has 1 aliphatic heterocycles. The Morgan fingerprint density at radius 2 is 2.00 bits per heavy atom. The summed E-state index contributed by atoms with van der Waals surface area (Å²) in [6.45, 7) is 5.75. The van der Waals surface area contributed by atoms with Crippen LogP contribution in [0.25, 0.3) is 0 Å². The number of ether oxygens (including phenoxy) is 1. The molecule has 0 N–H and O–H groups in total. The Morgan fingerprint density at radius 1 is 1.30 bits per heavy atom. The van der Waals surface area contributed by atoms with Gasteiger partial charge in [-0.3, -0.25) is 0 Å². The summed E-state index contributed by atoms with van der Waals surface area (Å²) >= 11 is 0. The van der Waals surface area contributed by atoms with Gasteiger partial charge in [-0.25, -0.2) is 9.78 Å². The van der Waals surface area contributed by atoms with Crippen molar-refractivity contribution in [1.29, 1.82) is 0 Å². The van der Waals surface area contributed by atoms with Crippen LogP contribution in [0.5, 0.6) is 0 Å². The molecule has 0 aliphatic carbocycles. The van der Waals surface area contributed by atoms with Crippen molar-refractivity contribution >= 4 is 6.09 Å². The van der Waals surface area contributed by atoms with Crippen LogP contribution in [0.1, 0.15) is 44.7 Å². The van der Waals surface area contributed by atoms with Crippen molar-refractivity contribution in [2.45, 2.75) is 52.1 Å². The molecule has 0 saturated carbocycles. The number of benzene rings is 1. The van der Waals surface area contributed by atoms with Crippen LogP contribution in [0.4, 0.5) is 18.0 Å². The van der Waals surface area contributed by atoms with Crippen molar-refractivity contribution < 1.29 is 24.1 Å². The standard InChI is InChI=1S/C19H22F3N3O2/c1-18(2,3)27-17(26)24-9-8-16-15(11-24)23-12-25(16)10-13-6-4-5-7-14(13)19(20,21)22/h4-7,12H,8-11H2,1-3H3/i12D. The van der Waals surface area contributed by atoms with E-state index in [2.05, 4.69) is 4.98 Å². The third-order valence-corrected chi connectivity index (χ3v) is 4.23. The molecule has 0 radical (unpaired) electrons. The third-order valence-electron chi connectivity index (χ3n) is 4.23. The van der Waals surface area contributed by atoms with Gasteiger partial charge in [-0.15, -0.1) is 0 Å². The highest BCUT2D eigenvalue weighted by Crippen LogP contribution is 2.32. The van der Waals surface area contributed by atoms with Crippen molar-refractivity contribution in [2.75, 3.05) is 6.54 Å². The normalized spacial score (nSPS) is 15.3. The first-order chi connectivity index (χ1) is 13.0. The largest absolute Gasteiger partial charge is 0.444 e. The van der Waals surface area contributed by atoms with E-state index < -0.39 is 23.4 Å². The quantitative estimate of drug-likeness (QED) is 0.780. The molecule has 3 rings (SSSR count). The summed E-state index contributed by atoms with van der Waals surface area (Å²) < 4.78 is 54.7. The summed E-state index contributed by atoms with van der Waals surface area (Å²) in [7, 11) is 0. The van der Waals surface area contributed by atoms with E-state index >= 15 is 0 Å². The number of imidazole rings is 1. The summed E-state index contributed by atoms with van der Waals surface area (Å²) in [5.41, 5.74) is -0.0618. The molecule has 0 spiro atoms. The van der Waals surface area contributed by atoms with Gasteiger partial charge in [-0.2, -0.15) is 13.2 Å². The molecule has 27 heavy (non-hydrogen) atoms. The topological polar surface area (TPSA) is 47.4 Å². The summed E-state index contributed by atoms with van der Waals surface area (Å²) in [5, 5.41) is 0. The van der Waals surface area contributed by atoms with E-state index in [0.717, 1.165) is 6.07 Å². The minimum atomic E-state index is -4.47. The molecule has 1 aromatic carbocycles. The lowest BCUT2D eigenvalue weighted by atomic mass is 10.1. The molecule has 2 aromatic rings. The number of carbonyl (C=O) groups is 1. The van der Waals surface area contributed by atoms with Gasteiger partial charge in [0.15, 0.2) is 0 Å². The van der Waals surface area contributed by atoms with Crippen molar-refractivity contribution in [3.05, 3.63) is 53.1 Å². The number of hydrogen-bond donors (Lipinski definition) is 0. The number of hydrogen-bond acceptors (Lipinski definition) is 3. The molecule has 0 saturated heterocycles. The van der Waals surface area contributed by atoms with Crippen molar-refractivity contribution in [3.63, 3.8) is 0 Å². The fourth-order valence-corrected chi connectivity index (χ4v) is 3.03. The van der Waals surface area contributed by atoms with Crippen LogP contribution in [0.15, 0.2) is 30.6 Å². The second-order valence-electron chi connectivity index (χ2n) is 7.50. The van der Waals surface area contributed by atoms with Gasteiger partial charge in [-0.05, 0) is 32.4 Å². The van der Waals surface area contributed by atoms with E-state index in [0.29, 0.717) is 24.4 Å². The van der Waals surface area contributed by atoms with E-state index in [1.54, 1.807) is 26.8 Å². The molecule has 0 fully saturated rings. The highest BCUT2D eigenvalue weighted by Gasteiger charge is 2.33. The smallest absolute Gasteiger partial charge is 0.416 e. The number of amides is 1. The van der Waals surface area contributed by atoms with Crippen molar-refractivity contribution in [2.24, 2.45) is 0 Å². The Balaban J connectivity index is 1.84. The molecule has 0 unspecified atom stereocenters. The number of alkyl halides is 3. The number of halogens is 3. The summed E-state index contributed by atoms with van der Waals surface area (Å²) in [4.78, 5) is 17.9. The third kappa shape index (κ3) is 4.43. The summed E-state index contributed by atoms with van der Waals surface area (Å²) in [5.74, 6) is 0. The maximum atomic E-state index is 13.3. The molecule has 2 heterocycles. The monoisotopic (exact) mass is 382 g/mol. The zero-order valence-electron chi connectivity index (χ0n) is 16.4. The van der Waals surface area contributed by atoms with Crippen LogP contribution in [0, 0.1) is 0 Å². The molecule has 8 heteroatoms. The van der Waals surface area contributed by atoms with Gasteiger partial charge in [0.1, 0.15) is 6.97 Å². The lowest BCUT2D eigenvalue weighted by molar-refractivity contribution is -0.138. The summed E-state index contributed by atoms with van der Waals surface area (Å²) in [6.07, 6.45) is -4.66. The Bertz CT molecular complexity index is 888. The fraction of sp³-hybridized carbons (Fsp3) is 0.474. The number of nitrogens with zero attached hydrogens (tertiary/aromatic N) is 3.